The largest absolute Gasteiger partial charge is 0.395 e. The molecule has 0 aliphatic carbocycles. The van der Waals surface area contributed by atoms with E-state index in [1.807, 2.05) is 0 Å². The Balaban J connectivity index is 2.83. The van der Waals surface area contributed by atoms with Crippen molar-refractivity contribution in [3.05, 3.63) is 0 Å². The molecule has 0 aromatic heterocycles. The van der Waals surface area contributed by atoms with Crippen LogP contribution in [0, 0.1) is 0 Å². The minimum Gasteiger partial charge on any atom is -0.395 e. The first-order valence-electron chi connectivity index (χ1n) is 4.38. The van der Waals surface area contributed by atoms with Crippen molar-refractivity contribution in [2.45, 2.75) is 6.04 Å². The summed E-state index contributed by atoms with van der Waals surface area (Å²) in [5, 5.41) is 9.07. The lowest BCUT2D eigenvalue weighted by Gasteiger charge is -2.34. The lowest BCUT2D eigenvalue weighted by Crippen LogP contribution is -2.51. The van der Waals surface area contributed by atoms with Crippen LogP contribution >= 0.6 is 11.8 Å². The van der Waals surface area contributed by atoms with Crippen LogP contribution in [-0.4, -0.2) is 66.9 Å². The first kappa shape index (κ1) is 12.3. The smallest absolute Gasteiger partial charge is 0.281 e. The monoisotopic (exact) mass is 240 g/mol. The zero-order valence-corrected chi connectivity index (χ0v) is 10.0. The minimum atomic E-state index is -3.37. The number of rotatable bonds is 3. The highest BCUT2D eigenvalue weighted by Crippen LogP contribution is 2.20. The fraction of sp³-hybridized carbons (Fsp3) is 1.00. The molecular weight excluding hydrogens is 224 g/mol. The fourth-order valence-corrected chi connectivity index (χ4v) is 3.82. The lowest BCUT2D eigenvalue weighted by molar-refractivity contribution is 0.197. The number of hydrogen-bond donors (Lipinski definition) is 1. The maximum absolute atomic E-state index is 11.8. The summed E-state index contributed by atoms with van der Waals surface area (Å²) in [6.07, 6.45) is 0. The Hall–Kier alpha value is 0.180. The summed E-state index contributed by atoms with van der Waals surface area (Å²) in [5.74, 6) is 1.47. The Kier molecular flexibility index (Phi) is 4.20. The Labute approximate surface area is 89.3 Å². The van der Waals surface area contributed by atoms with Crippen molar-refractivity contribution in [1.29, 1.82) is 0 Å². The maximum atomic E-state index is 11.8. The van der Waals surface area contributed by atoms with Gasteiger partial charge in [0, 0.05) is 32.1 Å². The minimum absolute atomic E-state index is 0.111. The molecule has 0 aromatic carbocycles. The molecule has 7 heteroatoms. The molecule has 1 aliphatic heterocycles. The molecule has 1 heterocycles. The quantitative estimate of drug-likeness (QED) is 0.702. The average Bonchev–Trinajstić information content (AvgIpc) is 2.17. The van der Waals surface area contributed by atoms with Gasteiger partial charge in [0.2, 0.25) is 0 Å². The molecule has 0 aromatic rings. The van der Waals surface area contributed by atoms with Crippen molar-refractivity contribution in [1.82, 2.24) is 8.61 Å². The molecular formula is C7H16N2O3S2. The van der Waals surface area contributed by atoms with Gasteiger partial charge in [-0.3, -0.25) is 0 Å². The SMILES string of the molecule is CN(C)S(=O)(=O)N1CCSCC1CO. The van der Waals surface area contributed by atoms with Crippen LogP contribution in [0.2, 0.25) is 0 Å². The van der Waals surface area contributed by atoms with Gasteiger partial charge in [-0.1, -0.05) is 0 Å². The summed E-state index contributed by atoms with van der Waals surface area (Å²) in [4.78, 5) is 0. The van der Waals surface area contributed by atoms with E-state index in [9.17, 15) is 8.42 Å². The van der Waals surface area contributed by atoms with Crippen LogP contribution in [0.1, 0.15) is 0 Å². The van der Waals surface area contributed by atoms with Crippen molar-refractivity contribution in [2.24, 2.45) is 0 Å². The highest BCUT2D eigenvalue weighted by atomic mass is 32.2. The van der Waals surface area contributed by atoms with Crippen LogP contribution in [0.3, 0.4) is 0 Å². The van der Waals surface area contributed by atoms with Crippen molar-refractivity contribution in [2.75, 3.05) is 38.8 Å². The standard InChI is InChI=1S/C7H16N2O3S2/c1-8(2)14(11,12)9-3-4-13-6-7(9)5-10/h7,10H,3-6H2,1-2H3. The number of aliphatic hydroxyl groups excluding tert-OH is 1. The van der Waals surface area contributed by atoms with Gasteiger partial charge in [-0.15, -0.1) is 0 Å². The normalized spacial score (nSPS) is 25.6. The second-order valence-corrected chi connectivity index (χ2v) is 6.56. The number of nitrogens with zero attached hydrogens (tertiary/aromatic N) is 2. The van der Waals surface area contributed by atoms with E-state index in [0.29, 0.717) is 12.3 Å². The second-order valence-electron chi connectivity index (χ2n) is 3.31. The summed E-state index contributed by atoms with van der Waals surface area (Å²) in [6, 6.07) is -0.277. The molecule has 1 fully saturated rings. The summed E-state index contributed by atoms with van der Waals surface area (Å²) >= 11 is 1.67. The van der Waals surface area contributed by atoms with Gasteiger partial charge >= 0.3 is 0 Å². The van der Waals surface area contributed by atoms with Crippen molar-refractivity contribution < 1.29 is 13.5 Å². The van der Waals surface area contributed by atoms with Gasteiger partial charge in [-0.05, 0) is 0 Å². The van der Waals surface area contributed by atoms with E-state index in [2.05, 4.69) is 0 Å². The van der Waals surface area contributed by atoms with Gasteiger partial charge in [-0.2, -0.15) is 28.8 Å². The third-order valence-corrected chi connectivity index (χ3v) is 5.23. The third kappa shape index (κ3) is 2.40. The lowest BCUT2D eigenvalue weighted by atomic mass is 10.3. The molecule has 0 amide bonds. The first-order chi connectivity index (χ1) is 6.50. The van der Waals surface area contributed by atoms with Gasteiger partial charge in [0.1, 0.15) is 0 Å². The number of aliphatic hydroxyl groups is 1. The van der Waals surface area contributed by atoms with Gasteiger partial charge in [0.05, 0.1) is 12.6 Å². The molecule has 1 N–H and O–H groups in total. The molecule has 1 aliphatic rings. The summed E-state index contributed by atoms with van der Waals surface area (Å²) in [7, 11) is -0.357. The highest BCUT2D eigenvalue weighted by Gasteiger charge is 2.33. The molecule has 0 saturated carbocycles. The molecule has 5 nitrogen and oxygen atoms in total. The van der Waals surface area contributed by atoms with E-state index in [4.69, 9.17) is 5.11 Å². The number of thioether (sulfide) groups is 1. The molecule has 14 heavy (non-hydrogen) atoms. The second kappa shape index (κ2) is 4.80. The summed E-state index contributed by atoms with van der Waals surface area (Å²) in [6.45, 7) is 0.372. The average molecular weight is 240 g/mol. The van der Waals surface area contributed by atoms with Gasteiger partial charge in [-0.25, -0.2) is 0 Å². The van der Waals surface area contributed by atoms with Crippen LogP contribution in [0.25, 0.3) is 0 Å². The van der Waals surface area contributed by atoms with Crippen LogP contribution in [0.5, 0.6) is 0 Å². The van der Waals surface area contributed by atoms with Crippen molar-refractivity contribution in [3.63, 3.8) is 0 Å². The molecule has 0 bridgehead atoms. The van der Waals surface area contributed by atoms with E-state index < -0.39 is 10.2 Å². The summed E-state index contributed by atoms with van der Waals surface area (Å²) in [5.41, 5.74) is 0. The van der Waals surface area contributed by atoms with E-state index in [1.165, 1.54) is 22.7 Å². The highest BCUT2D eigenvalue weighted by molar-refractivity contribution is 7.99. The zero-order valence-electron chi connectivity index (χ0n) is 8.38. The molecule has 84 valence electrons. The molecule has 1 atom stereocenters. The van der Waals surface area contributed by atoms with E-state index in [1.54, 1.807) is 11.8 Å². The van der Waals surface area contributed by atoms with E-state index >= 15 is 0 Å². The van der Waals surface area contributed by atoms with E-state index in [0.717, 1.165) is 5.75 Å². The Morgan fingerprint density at radius 1 is 1.57 bits per heavy atom. The zero-order chi connectivity index (χ0) is 10.8. The molecule has 1 saturated heterocycles. The van der Waals surface area contributed by atoms with Crippen LogP contribution in [0.4, 0.5) is 0 Å². The number of hydrogen-bond acceptors (Lipinski definition) is 4. The Bertz CT molecular complexity index is 279. The van der Waals surface area contributed by atoms with Gasteiger partial charge in [0.15, 0.2) is 0 Å². The molecule has 1 unspecified atom stereocenters. The topological polar surface area (TPSA) is 60.9 Å². The van der Waals surface area contributed by atoms with Crippen LogP contribution in [0.15, 0.2) is 0 Å². The van der Waals surface area contributed by atoms with Gasteiger partial charge in [0.25, 0.3) is 10.2 Å². The van der Waals surface area contributed by atoms with Crippen LogP contribution < -0.4 is 0 Å². The first-order valence-corrected chi connectivity index (χ1v) is 6.93. The van der Waals surface area contributed by atoms with E-state index in [-0.39, 0.29) is 12.6 Å². The molecule has 1 rings (SSSR count). The predicted octanol–water partition coefficient (Wildman–Crippen LogP) is -0.797. The summed E-state index contributed by atoms with van der Waals surface area (Å²) < 4.78 is 26.1. The van der Waals surface area contributed by atoms with Crippen molar-refractivity contribution >= 4 is 22.0 Å². The maximum Gasteiger partial charge on any atom is 0.281 e. The van der Waals surface area contributed by atoms with Crippen molar-refractivity contribution in [3.8, 4) is 0 Å². The fourth-order valence-electron chi connectivity index (χ4n) is 1.30. The predicted molar refractivity (Wildman–Crippen MR) is 57.5 cm³/mol. The van der Waals surface area contributed by atoms with Crippen LogP contribution in [-0.2, 0) is 10.2 Å². The van der Waals surface area contributed by atoms with Gasteiger partial charge < -0.3 is 5.11 Å². The molecule has 0 spiro atoms. The Morgan fingerprint density at radius 2 is 2.21 bits per heavy atom. The third-order valence-electron chi connectivity index (χ3n) is 2.14. The molecule has 0 radical (unpaired) electrons. The Morgan fingerprint density at radius 3 is 2.71 bits per heavy atom.